The van der Waals surface area contributed by atoms with Crippen molar-refractivity contribution < 1.29 is 32.9 Å². The van der Waals surface area contributed by atoms with Crippen molar-refractivity contribution in [2.24, 2.45) is 0 Å². The molecular weight excluding hydrogens is 900 g/mol. The van der Waals surface area contributed by atoms with Crippen LogP contribution >= 0.6 is 7.82 Å². The Kier molecular flexibility index (Phi) is 51.3. The third kappa shape index (κ3) is 55.5. The number of amides is 1. The van der Waals surface area contributed by atoms with Gasteiger partial charge in [0, 0.05) is 6.42 Å². The van der Waals surface area contributed by atoms with Crippen LogP contribution in [0, 0.1) is 0 Å². The second-order valence-corrected chi connectivity index (χ2v) is 22.8. The molecule has 414 valence electrons. The number of nitrogens with zero attached hydrogens (tertiary/aromatic N) is 1. The highest BCUT2D eigenvalue weighted by Gasteiger charge is 2.27. The third-order valence-electron chi connectivity index (χ3n) is 13.2. The standard InChI is InChI=1S/C62H115N2O6P/c1-6-8-10-12-14-16-18-20-22-24-25-26-27-28-29-30-31-32-33-34-35-36-37-38-40-41-43-45-47-49-51-53-55-61(65)60(59-70-71(67,68)69-58-57-64(3,4)5)63-62(66)56-54-52-50-48-46-44-42-39-23-21-19-17-15-13-11-9-7-2/h9,11,15,17,21,23,42,44-45,47,53,55,60-61,65H,6-8,10,12-14,16,18-20,22,24-41,43,46,48-52,54,56-59H2,1-5H3,(H-,63,66,67,68)/p+1/b11-9-,17-15-,23-21-,44-42-,47-45+,55-53+. The quantitative estimate of drug-likeness (QED) is 0.0243. The van der Waals surface area contributed by atoms with Gasteiger partial charge < -0.3 is 19.8 Å². The number of rotatable bonds is 54. The molecule has 0 aromatic carbocycles. The number of carbonyl (C=O) groups excluding carboxylic acids is 1. The van der Waals surface area contributed by atoms with Crippen molar-refractivity contribution in [3.8, 4) is 0 Å². The molecule has 0 heterocycles. The van der Waals surface area contributed by atoms with E-state index in [1.807, 2.05) is 27.2 Å². The van der Waals surface area contributed by atoms with Crippen molar-refractivity contribution in [2.45, 2.75) is 276 Å². The number of carbonyl (C=O) groups is 1. The van der Waals surface area contributed by atoms with Gasteiger partial charge in [0.1, 0.15) is 13.2 Å². The lowest BCUT2D eigenvalue weighted by molar-refractivity contribution is -0.870. The minimum Gasteiger partial charge on any atom is -0.387 e. The maximum Gasteiger partial charge on any atom is 0.472 e. The number of unbranched alkanes of at least 4 members (excludes halogenated alkanes) is 31. The molecule has 3 unspecified atom stereocenters. The van der Waals surface area contributed by atoms with Gasteiger partial charge in [0.15, 0.2) is 0 Å². The first kappa shape index (κ1) is 68.9. The fraction of sp³-hybridized carbons (Fsp3) is 0.790. The molecule has 3 N–H and O–H groups in total. The van der Waals surface area contributed by atoms with Crippen molar-refractivity contribution in [3.63, 3.8) is 0 Å². The maximum absolute atomic E-state index is 12.9. The number of hydrogen-bond acceptors (Lipinski definition) is 5. The van der Waals surface area contributed by atoms with E-state index >= 15 is 0 Å². The van der Waals surface area contributed by atoms with E-state index in [1.165, 1.54) is 167 Å². The molecule has 0 saturated heterocycles. The SMILES string of the molecule is CC/C=C\C/C=C\C/C=C\C/C=C\CCCCCCC(=O)NC(COP(=O)(O)OCC[N+](C)(C)C)C(O)/C=C/CC/C=C/CCCCCCCCCCCCCCCCCCCCCCCCCCCC. The van der Waals surface area contributed by atoms with E-state index < -0.39 is 20.0 Å². The fourth-order valence-corrected chi connectivity index (χ4v) is 9.26. The molecule has 0 aromatic rings. The number of likely N-dealkylation sites (N-methyl/N-ethyl adjacent to an activating group) is 1. The van der Waals surface area contributed by atoms with Crippen LogP contribution in [0.4, 0.5) is 0 Å². The van der Waals surface area contributed by atoms with Crippen LogP contribution in [-0.4, -0.2) is 73.4 Å². The number of nitrogens with one attached hydrogen (secondary N) is 1. The second kappa shape index (κ2) is 52.8. The van der Waals surface area contributed by atoms with Gasteiger partial charge in [-0.15, -0.1) is 0 Å². The van der Waals surface area contributed by atoms with Crippen LogP contribution in [0.3, 0.4) is 0 Å². The van der Waals surface area contributed by atoms with Gasteiger partial charge in [0.2, 0.25) is 5.91 Å². The van der Waals surface area contributed by atoms with Gasteiger partial charge in [0.05, 0.1) is 39.9 Å². The molecule has 0 spiro atoms. The van der Waals surface area contributed by atoms with Crippen molar-refractivity contribution in [2.75, 3.05) is 40.9 Å². The Morgan fingerprint density at radius 2 is 0.859 bits per heavy atom. The molecule has 71 heavy (non-hydrogen) atoms. The highest BCUT2D eigenvalue weighted by atomic mass is 31.2. The number of phosphoric ester groups is 1. The van der Waals surface area contributed by atoms with Gasteiger partial charge in [-0.05, 0) is 70.6 Å². The number of aliphatic hydroxyl groups excluding tert-OH is 1. The van der Waals surface area contributed by atoms with E-state index in [1.54, 1.807) is 6.08 Å². The number of allylic oxidation sites excluding steroid dienone is 11. The number of quaternary nitrogens is 1. The Morgan fingerprint density at radius 3 is 1.30 bits per heavy atom. The van der Waals surface area contributed by atoms with E-state index in [0.29, 0.717) is 17.4 Å². The summed E-state index contributed by atoms with van der Waals surface area (Å²) in [5, 5.41) is 13.9. The molecule has 8 nitrogen and oxygen atoms in total. The summed E-state index contributed by atoms with van der Waals surface area (Å²) in [5.41, 5.74) is 0. The van der Waals surface area contributed by atoms with Crippen LogP contribution in [0.25, 0.3) is 0 Å². The first-order valence-electron chi connectivity index (χ1n) is 29.8. The Bertz CT molecular complexity index is 1380. The Balaban J connectivity index is 4.17. The second-order valence-electron chi connectivity index (χ2n) is 21.3. The third-order valence-corrected chi connectivity index (χ3v) is 14.1. The largest absolute Gasteiger partial charge is 0.472 e. The molecule has 0 fully saturated rings. The number of aliphatic hydroxyl groups is 1. The molecule has 0 aliphatic carbocycles. The monoisotopic (exact) mass is 1020 g/mol. The predicted molar refractivity (Wildman–Crippen MR) is 309 cm³/mol. The van der Waals surface area contributed by atoms with Gasteiger partial charge in [-0.2, -0.15) is 0 Å². The summed E-state index contributed by atoms with van der Waals surface area (Å²) < 4.78 is 23.7. The molecule has 9 heteroatoms. The van der Waals surface area contributed by atoms with Crippen molar-refractivity contribution >= 4 is 13.7 Å². The van der Waals surface area contributed by atoms with Crippen LogP contribution in [0.5, 0.6) is 0 Å². The van der Waals surface area contributed by atoms with Crippen molar-refractivity contribution in [1.82, 2.24) is 5.32 Å². The van der Waals surface area contributed by atoms with Gasteiger partial charge >= 0.3 is 7.82 Å². The average molecular weight is 1020 g/mol. The highest BCUT2D eigenvalue weighted by molar-refractivity contribution is 7.47. The zero-order valence-corrected chi connectivity index (χ0v) is 48.1. The lowest BCUT2D eigenvalue weighted by Gasteiger charge is -2.25. The average Bonchev–Trinajstić information content (AvgIpc) is 3.33. The van der Waals surface area contributed by atoms with Gasteiger partial charge in [0.25, 0.3) is 0 Å². The van der Waals surface area contributed by atoms with Crippen molar-refractivity contribution in [3.05, 3.63) is 72.9 Å². The van der Waals surface area contributed by atoms with E-state index in [9.17, 15) is 19.4 Å². The molecule has 0 bridgehead atoms. The molecule has 0 radical (unpaired) electrons. The molecule has 0 saturated carbocycles. The first-order chi connectivity index (χ1) is 34.5. The molecular formula is C62H116N2O6P+. The van der Waals surface area contributed by atoms with E-state index in [4.69, 9.17) is 9.05 Å². The van der Waals surface area contributed by atoms with E-state index in [-0.39, 0.29) is 19.1 Å². The summed E-state index contributed by atoms with van der Waals surface area (Å²) in [7, 11) is 1.53. The van der Waals surface area contributed by atoms with E-state index in [2.05, 4.69) is 79.9 Å². The normalized spacial score (nSPS) is 14.4. The zero-order valence-electron chi connectivity index (χ0n) is 47.2. The van der Waals surface area contributed by atoms with Gasteiger partial charge in [-0.3, -0.25) is 13.8 Å². The summed E-state index contributed by atoms with van der Waals surface area (Å²) in [4.78, 5) is 23.3. The Labute approximate surface area is 440 Å². The zero-order chi connectivity index (χ0) is 52.0. The minimum absolute atomic E-state index is 0.0479. The van der Waals surface area contributed by atoms with Crippen molar-refractivity contribution in [1.29, 1.82) is 0 Å². The summed E-state index contributed by atoms with van der Waals surface area (Å²) >= 11 is 0. The molecule has 0 aliphatic heterocycles. The number of hydrogen-bond donors (Lipinski definition) is 3. The summed E-state index contributed by atoms with van der Waals surface area (Å²) in [6, 6.07) is -0.881. The first-order valence-corrected chi connectivity index (χ1v) is 31.3. The fourth-order valence-electron chi connectivity index (χ4n) is 8.52. The highest BCUT2D eigenvalue weighted by Crippen LogP contribution is 2.43. The molecule has 1 amide bonds. The summed E-state index contributed by atoms with van der Waals surface area (Å²) in [5.74, 6) is -0.210. The molecule has 0 aliphatic rings. The van der Waals surface area contributed by atoms with Gasteiger partial charge in [-0.25, -0.2) is 4.57 Å². The molecule has 0 rings (SSSR count). The van der Waals surface area contributed by atoms with E-state index in [0.717, 1.165) is 77.0 Å². The lowest BCUT2D eigenvalue weighted by atomic mass is 10.0. The van der Waals surface area contributed by atoms with Crippen LogP contribution in [0.1, 0.15) is 264 Å². The van der Waals surface area contributed by atoms with Crippen LogP contribution < -0.4 is 5.32 Å². The maximum atomic E-state index is 12.9. The summed E-state index contributed by atoms with van der Waals surface area (Å²) in [6.07, 6.45) is 73.2. The summed E-state index contributed by atoms with van der Waals surface area (Å²) in [6.45, 7) is 4.68. The number of phosphoric acid groups is 1. The Morgan fingerprint density at radius 1 is 0.493 bits per heavy atom. The van der Waals surface area contributed by atoms with Crippen LogP contribution in [0.2, 0.25) is 0 Å². The topological polar surface area (TPSA) is 105 Å². The minimum atomic E-state index is -4.37. The lowest BCUT2D eigenvalue weighted by Crippen LogP contribution is -2.45. The van der Waals surface area contributed by atoms with Crippen LogP contribution in [0.15, 0.2) is 72.9 Å². The molecule has 3 atom stereocenters. The van der Waals surface area contributed by atoms with Crippen LogP contribution in [-0.2, 0) is 18.4 Å². The van der Waals surface area contributed by atoms with Gasteiger partial charge in [-0.1, -0.05) is 260 Å². The predicted octanol–water partition coefficient (Wildman–Crippen LogP) is 18.3. The molecule has 0 aromatic heterocycles. The Hall–Kier alpha value is -2.06. The smallest absolute Gasteiger partial charge is 0.387 e.